The molecular weight excluding hydrogens is 212 g/mol. The van der Waals surface area contributed by atoms with Gasteiger partial charge in [0.05, 0.1) is 0 Å². The Morgan fingerprint density at radius 3 is 2.60 bits per heavy atom. The van der Waals surface area contributed by atoms with E-state index < -0.39 is 0 Å². The molecule has 1 amide bonds. The molecule has 1 heterocycles. The second-order valence-electron chi connectivity index (χ2n) is 3.82. The van der Waals surface area contributed by atoms with Gasteiger partial charge in [0, 0.05) is 30.2 Å². The van der Waals surface area contributed by atoms with Gasteiger partial charge in [-0.15, -0.1) is 11.6 Å². The fourth-order valence-corrected chi connectivity index (χ4v) is 2.00. The quantitative estimate of drug-likeness (QED) is 0.616. The Morgan fingerprint density at radius 2 is 2.07 bits per heavy atom. The molecule has 15 heavy (non-hydrogen) atoms. The highest BCUT2D eigenvalue weighted by atomic mass is 35.5. The number of hydrogen-bond acceptors (Lipinski definition) is 2. The van der Waals surface area contributed by atoms with E-state index in [9.17, 15) is 4.79 Å². The van der Waals surface area contributed by atoms with Gasteiger partial charge in [-0.2, -0.15) is 0 Å². The standard InChI is InChI=1S/C11H13ClN2O/c12-6-8-5-11(15)14(7-8)10-3-1-9(13)2-4-10/h1-4,8H,5-7,13H2. The van der Waals surface area contributed by atoms with Crippen LogP contribution >= 0.6 is 11.6 Å². The van der Waals surface area contributed by atoms with E-state index in [0.29, 0.717) is 24.5 Å². The number of halogens is 1. The minimum Gasteiger partial charge on any atom is -0.399 e. The molecule has 0 radical (unpaired) electrons. The van der Waals surface area contributed by atoms with E-state index in [1.807, 2.05) is 12.1 Å². The molecule has 3 nitrogen and oxygen atoms in total. The van der Waals surface area contributed by atoms with Crippen LogP contribution in [0.15, 0.2) is 24.3 Å². The summed E-state index contributed by atoms with van der Waals surface area (Å²) in [5, 5.41) is 0. The van der Waals surface area contributed by atoms with Crippen molar-refractivity contribution in [3.8, 4) is 0 Å². The van der Waals surface area contributed by atoms with Gasteiger partial charge in [-0.3, -0.25) is 4.79 Å². The number of rotatable bonds is 2. The van der Waals surface area contributed by atoms with Gasteiger partial charge < -0.3 is 10.6 Å². The Balaban J connectivity index is 2.18. The van der Waals surface area contributed by atoms with E-state index in [1.54, 1.807) is 17.0 Å². The van der Waals surface area contributed by atoms with Gasteiger partial charge in [0.15, 0.2) is 0 Å². The Bertz CT molecular complexity index is 363. The average Bonchev–Trinajstić information content (AvgIpc) is 2.61. The number of carbonyl (C=O) groups is 1. The first-order chi connectivity index (χ1) is 7.20. The Hall–Kier alpha value is -1.22. The molecule has 0 saturated carbocycles. The summed E-state index contributed by atoms with van der Waals surface area (Å²) in [7, 11) is 0. The third kappa shape index (κ3) is 2.07. The molecule has 1 fully saturated rings. The van der Waals surface area contributed by atoms with Gasteiger partial charge in [0.25, 0.3) is 0 Å². The van der Waals surface area contributed by atoms with Crippen LogP contribution in [0.1, 0.15) is 6.42 Å². The fourth-order valence-electron chi connectivity index (χ4n) is 1.79. The van der Waals surface area contributed by atoms with Crippen molar-refractivity contribution in [2.45, 2.75) is 6.42 Å². The van der Waals surface area contributed by atoms with Gasteiger partial charge in [0.1, 0.15) is 0 Å². The van der Waals surface area contributed by atoms with Crippen molar-refractivity contribution in [1.29, 1.82) is 0 Å². The molecule has 4 heteroatoms. The maximum atomic E-state index is 11.7. The van der Waals surface area contributed by atoms with Crippen LogP contribution in [0.3, 0.4) is 0 Å². The summed E-state index contributed by atoms with van der Waals surface area (Å²) in [6.45, 7) is 0.715. The number of nitrogens with zero attached hydrogens (tertiary/aromatic N) is 1. The lowest BCUT2D eigenvalue weighted by Crippen LogP contribution is -2.24. The first-order valence-corrected chi connectivity index (χ1v) is 5.46. The normalized spacial score (nSPS) is 21.0. The van der Waals surface area contributed by atoms with E-state index in [4.69, 9.17) is 17.3 Å². The fraction of sp³-hybridized carbons (Fsp3) is 0.364. The molecule has 1 atom stereocenters. The molecule has 1 aliphatic rings. The monoisotopic (exact) mass is 224 g/mol. The maximum Gasteiger partial charge on any atom is 0.227 e. The number of carbonyl (C=O) groups excluding carboxylic acids is 1. The molecule has 80 valence electrons. The van der Waals surface area contributed by atoms with E-state index in [0.717, 1.165) is 5.69 Å². The summed E-state index contributed by atoms with van der Waals surface area (Å²) >= 11 is 5.75. The summed E-state index contributed by atoms with van der Waals surface area (Å²) < 4.78 is 0. The molecule has 1 aliphatic heterocycles. The Morgan fingerprint density at radius 1 is 1.40 bits per heavy atom. The van der Waals surface area contributed by atoms with E-state index >= 15 is 0 Å². The smallest absolute Gasteiger partial charge is 0.227 e. The summed E-state index contributed by atoms with van der Waals surface area (Å²) in [5.74, 6) is 0.958. The molecule has 0 spiro atoms. The summed E-state index contributed by atoms with van der Waals surface area (Å²) in [5.41, 5.74) is 7.20. The highest BCUT2D eigenvalue weighted by Gasteiger charge is 2.29. The zero-order valence-corrected chi connectivity index (χ0v) is 9.07. The zero-order valence-electron chi connectivity index (χ0n) is 8.32. The van der Waals surface area contributed by atoms with Crippen molar-refractivity contribution in [1.82, 2.24) is 0 Å². The number of anilines is 2. The molecule has 1 aromatic rings. The van der Waals surface area contributed by atoms with Crippen LogP contribution in [0.5, 0.6) is 0 Å². The molecule has 0 aromatic heterocycles. The topological polar surface area (TPSA) is 46.3 Å². The average molecular weight is 225 g/mol. The number of benzene rings is 1. The van der Waals surface area contributed by atoms with Crippen LogP contribution in [0.25, 0.3) is 0 Å². The number of nitrogen functional groups attached to an aromatic ring is 1. The summed E-state index contributed by atoms with van der Waals surface area (Å²) in [6.07, 6.45) is 0.549. The first kappa shape index (κ1) is 10.3. The zero-order chi connectivity index (χ0) is 10.8. The lowest BCUT2D eigenvalue weighted by Gasteiger charge is -2.16. The van der Waals surface area contributed by atoms with Gasteiger partial charge in [-0.05, 0) is 30.2 Å². The molecule has 0 bridgehead atoms. The van der Waals surface area contributed by atoms with Crippen LogP contribution in [0.2, 0.25) is 0 Å². The second-order valence-corrected chi connectivity index (χ2v) is 4.13. The molecule has 1 saturated heterocycles. The van der Waals surface area contributed by atoms with Crippen molar-refractivity contribution in [2.24, 2.45) is 5.92 Å². The largest absolute Gasteiger partial charge is 0.399 e. The number of amides is 1. The summed E-state index contributed by atoms with van der Waals surface area (Å²) in [6, 6.07) is 7.33. The van der Waals surface area contributed by atoms with E-state index in [-0.39, 0.29) is 11.8 Å². The van der Waals surface area contributed by atoms with Crippen molar-refractivity contribution >= 4 is 28.9 Å². The summed E-state index contributed by atoms with van der Waals surface area (Å²) in [4.78, 5) is 13.4. The minimum atomic E-state index is 0.144. The SMILES string of the molecule is Nc1ccc(N2CC(CCl)CC2=O)cc1. The van der Waals surface area contributed by atoms with Gasteiger partial charge in [0.2, 0.25) is 5.91 Å². The van der Waals surface area contributed by atoms with Crippen LogP contribution in [0.4, 0.5) is 11.4 Å². The van der Waals surface area contributed by atoms with Crippen molar-refractivity contribution in [3.63, 3.8) is 0 Å². The lowest BCUT2D eigenvalue weighted by atomic mass is 10.1. The minimum absolute atomic E-state index is 0.144. The number of hydrogen-bond donors (Lipinski definition) is 1. The van der Waals surface area contributed by atoms with Crippen molar-refractivity contribution in [3.05, 3.63) is 24.3 Å². The van der Waals surface area contributed by atoms with Crippen molar-refractivity contribution < 1.29 is 4.79 Å². The van der Waals surface area contributed by atoms with Crippen LogP contribution in [-0.2, 0) is 4.79 Å². The molecule has 2 rings (SSSR count). The van der Waals surface area contributed by atoms with Crippen molar-refractivity contribution in [2.75, 3.05) is 23.1 Å². The Labute approximate surface area is 93.8 Å². The maximum absolute atomic E-state index is 11.7. The van der Waals surface area contributed by atoms with E-state index in [1.165, 1.54) is 0 Å². The first-order valence-electron chi connectivity index (χ1n) is 4.92. The third-order valence-electron chi connectivity index (χ3n) is 2.63. The van der Waals surface area contributed by atoms with Gasteiger partial charge >= 0.3 is 0 Å². The van der Waals surface area contributed by atoms with E-state index in [2.05, 4.69) is 0 Å². The molecule has 1 unspecified atom stereocenters. The van der Waals surface area contributed by atoms with Gasteiger partial charge in [-0.1, -0.05) is 0 Å². The predicted octanol–water partition coefficient (Wildman–Crippen LogP) is 1.86. The predicted molar refractivity (Wildman–Crippen MR) is 62.0 cm³/mol. The highest BCUT2D eigenvalue weighted by Crippen LogP contribution is 2.26. The highest BCUT2D eigenvalue weighted by molar-refractivity contribution is 6.18. The van der Waals surface area contributed by atoms with Crippen LogP contribution in [0, 0.1) is 5.92 Å². The Kier molecular flexibility index (Phi) is 2.82. The van der Waals surface area contributed by atoms with Gasteiger partial charge in [-0.25, -0.2) is 0 Å². The lowest BCUT2D eigenvalue weighted by molar-refractivity contribution is -0.117. The second kappa shape index (κ2) is 4.11. The van der Waals surface area contributed by atoms with Crippen LogP contribution in [-0.4, -0.2) is 18.3 Å². The molecule has 2 N–H and O–H groups in total. The third-order valence-corrected chi connectivity index (χ3v) is 3.06. The van der Waals surface area contributed by atoms with Crippen LogP contribution < -0.4 is 10.6 Å². The number of nitrogens with two attached hydrogens (primary N) is 1. The molecule has 1 aromatic carbocycles. The molecule has 0 aliphatic carbocycles. The number of alkyl halides is 1. The molecular formula is C11H13ClN2O.